The Hall–Kier alpha value is -2.92. The minimum atomic E-state index is -3.69. The predicted molar refractivity (Wildman–Crippen MR) is 102 cm³/mol. The van der Waals surface area contributed by atoms with Crippen LogP contribution in [0.4, 0.5) is 14.6 Å². The Balaban J connectivity index is 1.51. The number of likely N-dealkylation sites (N-methyl/N-ethyl adjacent to an activating group) is 1. The van der Waals surface area contributed by atoms with Gasteiger partial charge in [0.25, 0.3) is 0 Å². The van der Waals surface area contributed by atoms with E-state index in [2.05, 4.69) is 15.1 Å². The number of sulfonamides is 1. The highest BCUT2D eigenvalue weighted by atomic mass is 32.2. The number of halogens is 2. The summed E-state index contributed by atoms with van der Waals surface area (Å²) in [7, 11) is -0.558. The fraction of sp³-hybridized carbons (Fsp3) is 0.278. The van der Waals surface area contributed by atoms with Crippen molar-refractivity contribution < 1.29 is 17.2 Å². The lowest BCUT2D eigenvalue weighted by atomic mass is 10.1. The molecule has 0 N–H and O–H groups in total. The summed E-state index contributed by atoms with van der Waals surface area (Å²) in [6.07, 6.45) is 3.96. The van der Waals surface area contributed by atoms with Crippen molar-refractivity contribution in [3.63, 3.8) is 0 Å². The Morgan fingerprint density at radius 1 is 1.14 bits per heavy atom. The molecule has 0 radical (unpaired) electrons. The number of hydrogen-bond donors (Lipinski definition) is 0. The van der Waals surface area contributed by atoms with Crippen LogP contribution in [0.25, 0.3) is 11.3 Å². The third kappa shape index (κ3) is 3.47. The van der Waals surface area contributed by atoms with Crippen LogP contribution >= 0.6 is 0 Å². The maximum Gasteiger partial charge on any atom is 0.246 e. The summed E-state index contributed by atoms with van der Waals surface area (Å²) in [5.41, 5.74) is 0.496. The van der Waals surface area contributed by atoms with Gasteiger partial charge in [-0.05, 0) is 24.3 Å². The van der Waals surface area contributed by atoms with Crippen LogP contribution in [0.3, 0.4) is 0 Å². The third-order valence-electron chi connectivity index (χ3n) is 4.92. The van der Waals surface area contributed by atoms with E-state index in [1.54, 1.807) is 11.9 Å². The van der Waals surface area contributed by atoms with E-state index < -0.39 is 21.7 Å². The highest BCUT2D eigenvalue weighted by Gasteiger charge is 2.39. The lowest BCUT2D eigenvalue weighted by Crippen LogP contribution is -2.60. The van der Waals surface area contributed by atoms with E-state index in [-0.39, 0.29) is 35.5 Å². The molecule has 1 saturated heterocycles. The first-order valence-electron chi connectivity index (χ1n) is 8.75. The van der Waals surface area contributed by atoms with Crippen LogP contribution in [-0.4, -0.2) is 58.7 Å². The van der Waals surface area contributed by atoms with Gasteiger partial charge < -0.3 is 4.90 Å². The molecule has 0 unspecified atom stereocenters. The van der Waals surface area contributed by atoms with E-state index in [1.807, 2.05) is 0 Å². The van der Waals surface area contributed by atoms with Gasteiger partial charge in [-0.15, -0.1) is 0 Å². The lowest BCUT2D eigenvalue weighted by molar-refractivity contribution is 0.307. The van der Waals surface area contributed by atoms with E-state index in [0.717, 1.165) is 0 Å². The fourth-order valence-corrected chi connectivity index (χ4v) is 4.47. The van der Waals surface area contributed by atoms with Crippen LogP contribution in [0.2, 0.25) is 0 Å². The zero-order valence-electron chi connectivity index (χ0n) is 15.7. The minimum absolute atomic E-state index is 0.0646. The van der Waals surface area contributed by atoms with Crippen molar-refractivity contribution in [2.45, 2.75) is 10.9 Å². The lowest BCUT2D eigenvalue weighted by Gasteiger charge is -2.43. The zero-order valence-corrected chi connectivity index (χ0v) is 16.5. The molecule has 8 nitrogen and oxygen atoms in total. The van der Waals surface area contributed by atoms with E-state index in [1.165, 1.54) is 59.0 Å². The number of benzene rings is 1. The Morgan fingerprint density at radius 2 is 1.83 bits per heavy atom. The molecule has 1 aliphatic heterocycles. The quantitative estimate of drug-likeness (QED) is 0.624. The van der Waals surface area contributed by atoms with Gasteiger partial charge >= 0.3 is 0 Å². The Labute approximate surface area is 166 Å². The molecule has 4 rings (SSSR count). The summed E-state index contributed by atoms with van der Waals surface area (Å²) in [5, 5.41) is 3.90. The van der Waals surface area contributed by atoms with E-state index in [9.17, 15) is 17.2 Å². The number of nitrogens with zero attached hydrogens (tertiary/aromatic N) is 6. The summed E-state index contributed by atoms with van der Waals surface area (Å²) >= 11 is 0. The summed E-state index contributed by atoms with van der Waals surface area (Å²) in [6, 6.07) is 5.02. The fourth-order valence-electron chi connectivity index (χ4n) is 3.14. The molecule has 29 heavy (non-hydrogen) atoms. The van der Waals surface area contributed by atoms with Gasteiger partial charge in [-0.3, -0.25) is 4.68 Å². The van der Waals surface area contributed by atoms with Crippen molar-refractivity contribution in [2.75, 3.05) is 25.0 Å². The summed E-state index contributed by atoms with van der Waals surface area (Å²) < 4.78 is 56.1. The topological polar surface area (TPSA) is 84.2 Å². The first-order chi connectivity index (χ1) is 13.8. The van der Waals surface area contributed by atoms with E-state index >= 15 is 0 Å². The highest BCUT2D eigenvalue weighted by Crippen LogP contribution is 2.30. The smallest absolute Gasteiger partial charge is 0.246 e. The highest BCUT2D eigenvalue weighted by molar-refractivity contribution is 7.89. The van der Waals surface area contributed by atoms with Gasteiger partial charge in [0, 0.05) is 38.9 Å². The molecule has 11 heteroatoms. The van der Waals surface area contributed by atoms with Gasteiger partial charge in [-0.2, -0.15) is 9.40 Å². The number of anilines is 1. The molecule has 1 aromatic carbocycles. The molecule has 0 spiro atoms. The second-order valence-corrected chi connectivity index (χ2v) is 8.79. The molecule has 1 aliphatic rings. The van der Waals surface area contributed by atoms with Crippen molar-refractivity contribution in [3.05, 3.63) is 54.6 Å². The molecule has 1 fully saturated rings. The first kappa shape index (κ1) is 19.4. The Bertz CT molecular complexity index is 1140. The van der Waals surface area contributed by atoms with E-state index in [4.69, 9.17) is 0 Å². The molecule has 152 valence electrons. The molecular formula is C18H18F2N6O2S. The average Bonchev–Trinajstić information content (AvgIpc) is 3.10. The molecule has 0 aliphatic carbocycles. The molecule has 3 aromatic rings. The SMILES string of the molecule is CN(C1CN(c2ncnc(-c3ccc(F)cc3)c2F)C1)S(=O)(=O)c1cnn(C)c1. The van der Waals surface area contributed by atoms with Crippen LogP contribution in [0.1, 0.15) is 0 Å². The zero-order chi connectivity index (χ0) is 20.8. The third-order valence-corrected chi connectivity index (χ3v) is 6.79. The van der Waals surface area contributed by atoms with Gasteiger partial charge in [0.2, 0.25) is 10.0 Å². The van der Waals surface area contributed by atoms with Crippen LogP contribution in [0, 0.1) is 11.6 Å². The maximum atomic E-state index is 15.0. The normalized spacial score (nSPS) is 15.0. The molecule has 0 atom stereocenters. The molecule has 0 bridgehead atoms. The summed E-state index contributed by atoms with van der Waals surface area (Å²) in [6.45, 7) is 0.569. The second-order valence-electron chi connectivity index (χ2n) is 6.80. The monoisotopic (exact) mass is 420 g/mol. The predicted octanol–water partition coefficient (Wildman–Crippen LogP) is 1.66. The van der Waals surface area contributed by atoms with Gasteiger partial charge in [0.15, 0.2) is 11.6 Å². The van der Waals surface area contributed by atoms with Gasteiger partial charge in [0.05, 0.1) is 12.2 Å². The van der Waals surface area contributed by atoms with E-state index in [0.29, 0.717) is 5.56 Å². The molecule has 2 aromatic heterocycles. The Morgan fingerprint density at radius 3 is 2.45 bits per heavy atom. The first-order valence-corrected chi connectivity index (χ1v) is 10.2. The maximum absolute atomic E-state index is 15.0. The van der Waals surface area contributed by atoms with Crippen LogP contribution in [-0.2, 0) is 17.1 Å². The Kier molecular flexibility index (Phi) is 4.79. The largest absolute Gasteiger partial charge is 0.351 e. The summed E-state index contributed by atoms with van der Waals surface area (Å²) in [5.74, 6) is -0.968. The number of aromatic nitrogens is 4. The standard InChI is InChI=1S/C18H18F2N6O2S/c1-24-10-15(7-23-24)29(27,28)25(2)14-8-26(9-14)18-16(20)17(21-11-22-18)12-3-5-13(19)6-4-12/h3-7,10-11,14H,8-9H2,1-2H3. The second kappa shape index (κ2) is 7.16. The van der Waals surface area contributed by atoms with Gasteiger partial charge in [0.1, 0.15) is 22.7 Å². The number of aryl methyl sites for hydroxylation is 1. The van der Waals surface area contributed by atoms with Gasteiger partial charge in [-0.1, -0.05) is 0 Å². The molecule has 3 heterocycles. The van der Waals surface area contributed by atoms with Crippen molar-refractivity contribution in [1.29, 1.82) is 0 Å². The van der Waals surface area contributed by atoms with Crippen LogP contribution < -0.4 is 4.90 Å². The molecule has 0 saturated carbocycles. The number of rotatable bonds is 5. The van der Waals surface area contributed by atoms with Crippen LogP contribution in [0.5, 0.6) is 0 Å². The van der Waals surface area contributed by atoms with Crippen molar-refractivity contribution >= 4 is 15.8 Å². The minimum Gasteiger partial charge on any atom is -0.351 e. The average molecular weight is 420 g/mol. The molecule has 0 amide bonds. The van der Waals surface area contributed by atoms with Crippen molar-refractivity contribution in [3.8, 4) is 11.3 Å². The summed E-state index contributed by atoms with van der Waals surface area (Å²) in [4.78, 5) is 9.72. The van der Waals surface area contributed by atoms with Crippen LogP contribution in [0.15, 0.2) is 47.9 Å². The van der Waals surface area contributed by atoms with Crippen molar-refractivity contribution in [1.82, 2.24) is 24.1 Å². The number of hydrogen-bond acceptors (Lipinski definition) is 6. The van der Waals surface area contributed by atoms with Crippen molar-refractivity contribution in [2.24, 2.45) is 7.05 Å². The molecular weight excluding hydrogens is 402 g/mol. The van der Waals surface area contributed by atoms with Gasteiger partial charge in [-0.25, -0.2) is 27.2 Å².